The lowest BCUT2D eigenvalue weighted by molar-refractivity contribution is 0.570. The van der Waals surface area contributed by atoms with Crippen molar-refractivity contribution in [2.75, 3.05) is 5.73 Å². The molecule has 0 aliphatic heterocycles. The number of oxazole rings is 1. The van der Waals surface area contributed by atoms with Gasteiger partial charge in [-0.15, -0.1) is 0 Å². The molecule has 3 heteroatoms. The molecular weight excluding hydrogens is 128 g/mol. The molecule has 0 aliphatic carbocycles. The van der Waals surface area contributed by atoms with Crippen LogP contribution in [0.2, 0.25) is 0 Å². The van der Waals surface area contributed by atoms with Gasteiger partial charge in [0, 0.05) is 0 Å². The minimum Gasteiger partial charge on any atom is -0.424 e. The van der Waals surface area contributed by atoms with E-state index in [-0.39, 0.29) is 6.01 Å². The first-order chi connectivity index (χ1) is 4.77. The highest BCUT2D eigenvalue weighted by molar-refractivity contribution is 5.57. The van der Waals surface area contributed by atoms with Gasteiger partial charge in [-0.1, -0.05) is 13.2 Å². The molecule has 0 saturated carbocycles. The molecule has 0 radical (unpaired) electrons. The summed E-state index contributed by atoms with van der Waals surface area (Å²) in [4.78, 5) is 3.82. The van der Waals surface area contributed by atoms with E-state index in [0.29, 0.717) is 11.5 Å². The Labute approximate surface area is 58.9 Å². The lowest BCUT2D eigenvalue weighted by Gasteiger charge is -1.81. The molecule has 0 saturated heterocycles. The first-order valence-corrected chi connectivity index (χ1v) is 2.79. The number of aromatic nitrogens is 1. The summed E-state index contributed by atoms with van der Waals surface area (Å²) in [5, 5.41) is 0. The maximum atomic E-state index is 5.26. The van der Waals surface area contributed by atoms with E-state index in [1.807, 2.05) is 0 Å². The third kappa shape index (κ3) is 0.932. The number of anilines is 1. The number of hydrogen-bond donors (Lipinski definition) is 1. The van der Waals surface area contributed by atoms with E-state index in [1.54, 1.807) is 12.2 Å². The Hall–Kier alpha value is -1.51. The molecule has 1 heterocycles. The molecule has 0 amide bonds. The fraction of sp³-hybridized carbons (Fsp3) is 0. The zero-order valence-electron chi connectivity index (χ0n) is 5.50. The van der Waals surface area contributed by atoms with Gasteiger partial charge < -0.3 is 10.2 Å². The Morgan fingerprint density at radius 2 is 2.10 bits per heavy atom. The van der Waals surface area contributed by atoms with E-state index in [2.05, 4.69) is 18.1 Å². The van der Waals surface area contributed by atoms with E-state index in [9.17, 15) is 0 Å². The number of nitrogens with two attached hydrogens (primary N) is 1. The second-order valence-electron chi connectivity index (χ2n) is 1.71. The van der Waals surface area contributed by atoms with Crippen molar-refractivity contribution in [3.8, 4) is 0 Å². The second-order valence-corrected chi connectivity index (χ2v) is 1.71. The van der Waals surface area contributed by atoms with Crippen LogP contribution < -0.4 is 5.73 Å². The van der Waals surface area contributed by atoms with Crippen molar-refractivity contribution >= 4 is 18.2 Å². The van der Waals surface area contributed by atoms with Gasteiger partial charge in [0.15, 0.2) is 5.76 Å². The van der Waals surface area contributed by atoms with Crippen molar-refractivity contribution in [3.05, 3.63) is 24.6 Å². The summed E-state index contributed by atoms with van der Waals surface area (Å²) in [5.41, 5.74) is 5.89. The predicted molar refractivity (Wildman–Crippen MR) is 41.1 cm³/mol. The number of nitrogen functional groups attached to an aromatic ring is 1. The van der Waals surface area contributed by atoms with E-state index in [4.69, 9.17) is 10.2 Å². The highest BCUT2D eigenvalue weighted by Gasteiger charge is 2.02. The maximum absolute atomic E-state index is 5.26. The smallest absolute Gasteiger partial charge is 0.292 e. The summed E-state index contributed by atoms with van der Waals surface area (Å²) in [6, 6.07) is 0.143. The van der Waals surface area contributed by atoms with Crippen LogP contribution in [0.5, 0.6) is 0 Å². The van der Waals surface area contributed by atoms with Gasteiger partial charge in [-0.2, -0.15) is 4.98 Å². The fourth-order valence-electron chi connectivity index (χ4n) is 0.654. The Kier molecular flexibility index (Phi) is 1.58. The summed E-state index contributed by atoms with van der Waals surface area (Å²) in [7, 11) is 0. The summed E-state index contributed by atoms with van der Waals surface area (Å²) in [5.74, 6) is 0.563. The van der Waals surface area contributed by atoms with Crippen LogP contribution in [0.1, 0.15) is 11.5 Å². The van der Waals surface area contributed by atoms with E-state index < -0.39 is 0 Å². The minimum absolute atomic E-state index is 0.143. The lowest BCUT2D eigenvalue weighted by Crippen LogP contribution is -1.81. The molecule has 0 aromatic carbocycles. The van der Waals surface area contributed by atoms with Gasteiger partial charge in [-0.3, -0.25) is 0 Å². The monoisotopic (exact) mass is 136 g/mol. The van der Waals surface area contributed by atoms with Gasteiger partial charge in [0.05, 0.1) is 0 Å². The normalized spacial score (nSPS) is 9.20. The van der Waals surface area contributed by atoms with Crippen molar-refractivity contribution in [3.63, 3.8) is 0 Å². The Bertz CT molecular complexity index is 237. The molecule has 0 unspecified atom stereocenters. The Morgan fingerprint density at radius 1 is 1.40 bits per heavy atom. The van der Waals surface area contributed by atoms with Crippen LogP contribution in [0.15, 0.2) is 17.6 Å². The van der Waals surface area contributed by atoms with Gasteiger partial charge in [-0.05, 0) is 12.2 Å². The average Bonchev–Trinajstić information content (AvgIpc) is 2.30. The zero-order valence-corrected chi connectivity index (χ0v) is 5.50. The van der Waals surface area contributed by atoms with Crippen LogP contribution in [0.4, 0.5) is 6.01 Å². The summed E-state index contributed by atoms with van der Waals surface area (Å²) in [6.07, 6.45) is 3.11. The molecule has 1 rings (SSSR count). The van der Waals surface area contributed by atoms with Crippen LogP contribution in [-0.4, -0.2) is 4.98 Å². The number of hydrogen-bond acceptors (Lipinski definition) is 3. The van der Waals surface area contributed by atoms with Crippen molar-refractivity contribution in [1.29, 1.82) is 0 Å². The maximum Gasteiger partial charge on any atom is 0.292 e. The van der Waals surface area contributed by atoms with Crippen LogP contribution in [0.3, 0.4) is 0 Å². The molecule has 0 fully saturated rings. The molecule has 0 aliphatic rings. The van der Waals surface area contributed by atoms with E-state index in [1.165, 1.54) is 0 Å². The highest BCUT2D eigenvalue weighted by Crippen LogP contribution is 2.13. The third-order valence-electron chi connectivity index (χ3n) is 1.08. The summed E-state index contributed by atoms with van der Waals surface area (Å²) < 4.78 is 4.93. The fourth-order valence-corrected chi connectivity index (χ4v) is 0.654. The second kappa shape index (κ2) is 2.39. The van der Waals surface area contributed by atoms with Gasteiger partial charge in [0.25, 0.3) is 6.01 Å². The van der Waals surface area contributed by atoms with Gasteiger partial charge >= 0.3 is 0 Å². The van der Waals surface area contributed by atoms with Gasteiger partial charge in [0.2, 0.25) is 0 Å². The van der Waals surface area contributed by atoms with Gasteiger partial charge in [-0.25, -0.2) is 0 Å². The van der Waals surface area contributed by atoms with Crippen LogP contribution in [-0.2, 0) is 0 Å². The molecule has 0 atom stereocenters. The molecule has 0 spiro atoms. The molecule has 1 aromatic rings. The quantitative estimate of drug-likeness (QED) is 0.670. The standard InChI is InChI=1S/C7H8N2O/c1-3-5-6(4-2)10-7(8)9-5/h3-4H,1-2H2,(H2,8,9). The predicted octanol–water partition coefficient (Wildman–Crippen LogP) is 1.54. The Balaban J connectivity index is 3.20. The van der Waals surface area contributed by atoms with E-state index >= 15 is 0 Å². The molecule has 3 nitrogen and oxygen atoms in total. The molecular formula is C7H8N2O. The topological polar surface area (TPSA) is 52.0 Å². The molecule has 2 N–H and O–H groups in total. The SMILES string of the molecule is C=Cc1nc(N)oc1C=C. The minimum atomic E-state index is 0.143. The van der Waals surface area contributed by atoms with Crippen molar-refractivity contribution in [2.24, 2.45) is 0 Å². The van der Waals surface area contributed by atoms with Crippen molar-refractivity contribution < 1.29 is 4.42 Å². The summed E-state index contributed by atoms with van der Waals surface area (Å²) >= 11 is 0. The first kappa shape index (κ1) is 6.61. The highest BCUT2D eigenvalue weighted by atomic mass is 16.4. The molecule has 0 bridgehead atoms. The third-order valence-corrected chi connectivity index (χ3v) is 1.08. The summed E-state index contributed by atoms with van der Waals surface area (Å²) in [6.45, 7) is 7.04. The largest absolute Gasteiger partial charge is 0.424 e. The molecule has 10 heavy (non-hydrogen) atoms. The Morgan fingerprint density at radius 3 is 2.50 bits per heavy atom. The average molecular weight is 136 g/mol. The lowest BCUT2D eigenvalue weighted by atomic mass is 10.3. The van der Waals surface area contributed by atoms with Gasteiger partial charge in [0.1, 0.15) is 5.69 Å². The van der Waals surface area contributed by atoms with Crippen molar-refractivity contribution in [1.82, 2.24) is 4.98 Å². The zero-order chi connectivity index (χ0) is 7.56. The van der Waals surface area contributed by atoms with E-state index in [0.717, 1.165) is 0 Å². The van der Waals surface area contributed by atoms with Crippen molar-refractivity contribution in [2.45, 2.75) is 0 Å². The van der Waals surface area contributed by atoms with Crippen LogP contribution in [0.25, 0.3) is 12.2 Å². The molecule has 52 valence electrons. The first-order valence-electron chi connectivity index (χ1n) is 2.79. The molecule has 1 aromatic heterocycles. The van der Waals surface area contributed by atoms with Crippen LogP contribution >= 0.6 is 0 Å². The number of nitrogens with zero attached hydrogens (tertiary/aromatic N) is 1. The number of rotatable bonds is 2. The van der Waals surface area contributed by atoms with Crippen LogP contribution in [0, 0.1) is 0 Å².